The molecule has 0 amide bonds. The molecule has 5 heteroatoms. The number of aryl methyl sites for hydroxylation is 2. The molecule has 2 rings (SSSR count). The summed E-state index contributed by atoms with van der Waals surface area (Å²) in [4.78, 5) is 1.14. The second-order valence-corrected chi connectivity index (χ2v) is 8.00. The Balaban J connectivity index is 2.24. The van der Waals surface area contributed by atoms with Crippen LogP contribution in [0.4, 0.5) is 0 Å². The van der Waals surface area contributed by atoms with Crippen molar-refractivity contribution in [2.24, 2.45) is 0 Å². The molecule has 0 aliphatic heterocycles. The number of hydrogen-bond acceptors (Lipinski definition) is 2. The SMILES string of the molecule is C=S(NS(=O)(=O)c1ccc(C)cc1)c1cccc(C)c1. The van der Waals surface area contributed by atoms with Crippen molar-refractivity contribution in [1.82, 2.24) is 4.13 Å². The van der Waals surface area contributed by atoms with Gasteiger partial charge in [-0.3, -0.25) is 0 Å². The molecule has 1 atom stereocenters. The molecule has 0 heterocycles. The van der Waals surface area contributed by atoms with Crippen LogP contribution in [0.15, 0.2) is 58.3 Å². The lowest BCUT2D eigenvalue weighted by Crippen LogP contribution is -2.18. The lowest BCUT2D eigenvalue weighted by Gasteiger charge is -2.11. The van der Waals surface area contributed by atoms with E-state index in [2.05, 4.69) is 10.00 Å². The van der Waals surface area contributed by atoms with Crippen LogP contribution < -0.4 is 4.13 Å². The first-order valence-corrected chi connectivity index (χ1v) is 8.96. The molecule has 0 spiro atoms. The maximum Gasteiger partial charge on any atom is 0.249 e. The maximum atomic E-state index is 12.3. The van der Waals surface area contributed by atoms with Crippen LogP contribution in [0, 0.1) is 13.8 Å². The van der Waals surface area contributed by atoms with Crippen molar-refractivity contribution in [3.05, 3.63) is 59.7 Å². The summed E-state index contributed by atoms with van der Waals surface area (Å²) in [5.41, 5.74) is 2.11. The molecule has 0 fully saturated rings. The molecule has 0 radical (unpaired) electrons. The van der Waals surface area contributed by atoms with E-state index in [9.17, 15) is 8.42 Å². The molecule has 2 aromatic carbocycles. The lowest BCUT2D eigenvalue weighted by molar-refractivity contribution is 0.594. The molecule has 0 saturated heterocycles. The molecule has 1 unspecified atom stereocenters. The Morgan fingerprint density at radius 3 is 2.25 bits per heavy atom. The summed E-state index contributed by atoms with van der Waals surface area (Å²) in [5.74, 6) is 3.92. The molecule has 0 bridgehead atoms. The summed E-state index contributed by atoms with van der Waals surface area (Å²) in [7, 11) is -4.34. The fourth-order valence-electron chi connectivity index (χ4n) is 1.71. The van der Waals surface area contributed by atoms with Crippen LogP contribution in [0.5, 0.6) is 0 Å². The minimum absolute atomic E-state index is 0.261. The highest BCUT2D eigenvalue weighted by Gasteiger charge is 2.15. The number of sulfonamides is 1. The lowest BCUT2D eigenvalue weighted by atomic mass is 10.2. The van der Waals surface area contributed by atoms with Crippen molar-refractivity contribution in [2.75, 3.05) is 0 Å². The summed E-state index contributed by atoms with van der Waals surface area (Å²) in [6.45, 7) is 3.89. The predicted molar refractivity (Wildman–Crippen MR) is 85.7 cm³/mol. The molecule has 0 saturated carbocycles. The van der Waals surface area contributed by atoms with Gasteiger partial charge in [0.25, 0.3) is 0 Å². The number of rotatable bonds is 4. The average Bonchev–Trinajstić information content (AvgIpc) is 2.38. The summed E-state index contributed by atoms with van der Waals surface area (Å²) < 4.78 is 27.2. The number of nitrogens with one attached hydrogen (secondary N) is 1. The van der Waals surface area contributed by atoms with Gasteiger partial charge >= 0.3 is 0 Å². The third-order valence-corrected chi connectivity index (χ3v) is 6.21. The van der Waals surface area contributed by atoms with Crippen molar-refractivity contribution in [1.29, 1.82) is 0 Å². The smallest absolute Gasteiger partial charge is 0.206 e. The van der Waals surface area contributed by atoms with Crippen molar-refractivity contribution in [2.45, 2.75) is 23.6 Å². The Morgan fingerprint density at radius 2 is 1.65 bits per heavy atom. The van der Waals surface area contributed by atoms with Crippen LogP contribution in [0.25, 0.3) is 0 Å². The fourth-order valence-corrected chi connectivity index (χ4v) is 4.61. The zero-order valence-corrected chi connectivity index (χ0v) is 13.1. The van der Waals surface area contributed by atoms with E-state index in [4.69, 9.17) is 0 Å². The van der Waals surface area contributed by atoms with E-state index in [0.29, 0.717) is 0 Å². The molecule has 2 aromatic rings. The molecule has 0 aromatic heterocycles. The maximum absolute atomic E-state index is 12.3. The molecule has 0 aliphatic rings. The number of hydrogen-bond donors (Lipinski definition) is 1. The normalized spacial score (nSPS) is 13.1. The van der Waals surface area contributed by atoms with Crippen LogP contribution in [0.2, 0.25) is 0 Å². The highest BCUT2D eigenvalue weighted by molar-refractivity contribution is 8.19. The Labute approximate surface area is 122 Å². The highest BCUT2D eigenvalue weighted by Crippen LogP contribution is 2.24. The van der Waals surface area contributed by atoms with Crippen molar-refractivity contribution < 1.29 is 8.42 Å². The minimum Gasteiger partial charge on any atom is -0.206 e. The van der Waals surface area contributed by atoms with Gasteiger partial charge in [-0.2, -0.15) is 4.13 Å². The molecular weight excluding hydrogens is 290 g/mol. The van der Waals surface area contributed by atoms with Crippen LogP contribution in [-0.4, -0.2) is 14.3 Å². The van der Waals surface area contributed by atoms with Gasteiger partial charge in [-0.1, -0.05) is 46.4 Å². The van der Waals surface area contributed by atoms with Crippen molar-refractivity contribution in [3.63, 3.8) is 0 Å². The van der Waals surface area contributed by atoms with Gasteiger partial charge in [-0.15, -0.1) is 0 Å². The Hall–Kier alpha value is -1.43. The predicted octanol–water partition coefficient (Wildman–Crippen LogP) is 3.26. The highest BCUT2D eigenvalue weighted by atomic mass is 32.3. The second kappa shape index (κ2) is 5.91. The molecule has 1 N–H and O–H groups in total. The van der Waals surface area contributed by atoms with Gasteiger partial charge in [-0.25, -0.2) is 8.42 Å². The molecular formula is C15H17NO2S2. The standard InChI is InChI=1S/C15H17NO2S2/c1-12-7-9-15(10-8-12)20(17,18)16-19(3)14-6-4-5-13(2)11-14/h4-11,16H,3H2,1-2H3. The van der Waals surface area contributed by atoms with Gasteiger partial charge in [0, 0.05) is 4.90 Å². The largest absolute Gasteiger partial charge is 0.249 e. The van der Waals surface area contributed by atoms with Gasteiger partial charge in [0.1, 0.15) is 0 Å². The zero-order chi connectivity index (χ0) is 14.8. The first-order valence-electron chi connectivity index (χ1n) is 6.08. The summed E-state index contributed by atoms with van der Waals surface area (Å²) >= 11 is 0. The zero-order valence-electron chi connectivity index (χ0n) is 11.5. The van der Waals surface area contributed by atoms with Gasteiger partial charge < -0.3 is 0 Å². The van der Waals surface area contributed by atoms with Crippen LogP contribution in [-0.2, 0) is 10.0 Å². The Bertz CT molecular complexity index is 735. The first kappa shape index (κ1) is 15.0. The van der Waals surface area contributed by atoms with E-state index in [1.54, 1.807) is 24.3 Å². The fraction of sp³-hybridized carbons (Fsp3) is 0.133. The Morgan fingerprint density at radius 1 is 1.00 bits per heavy atom. The Kier molecular flexibility index (Phi) is 4.42. The van der Waals surface area contributed by atoms with Gasteiger partial charge in [0.05, 0.1) is 4.90 Å². The van der Waals surface area contributed by atoms with Crippen LogP contribution in [0.3, 0.4) is 0 Å². The quantitative estimate of drug-likeness (QED) is 0.881. The van der Waals surface area contributed by atoms with E-state index in [0.717, 1.165) is 16.0 Å². The molecule has 3 nitrogen and oxygen atoms in total. The third-order valence-electron chi connectivity index (χ3n) is 2.82. The van der Waals surface area contributed by atoms with Crippen LogP contribution >= 0.6 is 10.7 Å². The average molecular weight is 307 g/mol. The second-order valence-electron chi connectivity index (χ2n) is 4.61. The van der Waals surface area contributed by atoms with Gasteiger partial charge in [-0.05, 0) is 43.7 Å². The van der Waals surface area contributed by atoms with E-state index in [1.807, 2.05) is 38.1 Å². The molecule has 20 heavy (non-hydrogen) atoms. The minimum atomic E-state index is -3.54. The van der Waals surface area contributed by atoms with Crippen molar-refractivity contribution >= 4 is 26.6 Å². The molecule has 106 valence electrons. The topological polar surface area (TPSA) is 46.2 Å². The summed E-state index contributed by atoms with van der Waals surface area (Å²) in [6.07, 6.45) is 0. The van der Waals surface area contributed by atoms with Gasteiger partial charge in [0.2, 0.25) is 10.0 Å². The van der Waals surface area contributed by atoms with E-state index >= 15 is 0 Å². The van der Waals surface area contributed by atoms with E-state index in [1.165, 1.54) is 0 Å². The first-order chi connectivity index (χ1) is 9.38. The third kappa shape index (κ3) is 3.56. The van der Waals surface area contributed by atoms with E-state index in [-0.39, 0.29) is 4.90 Å². The monoisotopic (exact) mass is 307 g/mol. The summed E-state index contributed by atoms with van der Waals surface area (Å²) in [6, 6.07) is 14.4. The molecule has 0 aliphatic carbocycles. The van der Waals surface area contributed by atoms with E-state index < -0.39 is 20.7 Å². The van der Waals surface area contributed by atoms with Crippen molar-refractivity contribution in [3.8, 4) is 0 Å². The summed E-state index contributed by atoms with van der Waals surface area (Å²) in [5, 5.41) is 0. The van der Waals surface area contributed by atoms with Crippen LogP contribution in [0.1, 0.15) is 11.1 Å². The van der Waals surface area contributed by atoms with Gasteiger partial charge in [0.15, 0.2) is 0 Å². The number of benzene rings is 2.